The van der Waals surface area contributed by atoms with Crippen LogP contribution in [0.2, 0.25) is 0 Å². The van der Waals surface area contributed by atoms with Crippen molar-refractivity contribution in [1.82, 2.24) is 0 Å². The Hall–Kier alpha value is -0.923. The number of terminal acetylenes is 2. The van der Waals surface area contributed by atoms with E-state index in [2.05, 4.69) is 17.7 Å². The zero-order chi connectivity index (χ0) is 5.70. The van der Waals surface area contributed by atoms with Gasteiger partial charge in [-0.25, -0.2) is 0 Å². The molecular formula is C6H6Si. The van der Waals surface area contributed by atoms with Crippen molar-refractivity contribution in [1.29, 1.82) is 0 Å². The monoisotopic (exact) mass is 106 g/mol. The van der Waals surface area contributed by atoms with Gasteiger partial charge in [0.1, 0.15) is 0 Å². The van der Waals surface area contributed by atoms with Crippen molar-refractivity contribution >= 4 is 8.80 Å². The Bertz CT molecular complexity index is 119. The van der Waals surface area contributed by atoms with E-state index in [1.807, 2.05) is 0 Å². The van der Waals surface area contributed by atoms with Crippen LogP contribution in [0.3, 0.4) is 0 Å². The Morgan fingerprint density at radius 2 is 1.86 bits per heavy atom. The standard InChI is InChI=1S/C6H6Si/c1-4-7(5-2)6-3/h1-2,6-7H,3H2. The van der Waals surface area contributed by atoms with Crippen molar-refractivity contribution in [2.75, 3.05) is 0 Å². The fraction of sp³-hybridized carbons (Fsp3) is 0. The van der Waals surface area contributed by atoms with Crippen LogP contribution in [0, 0.1) is 23.9 Å². The van der Waals surface area contributed by atoms with E-state index in [9.17, 15) is 0 Å². The van der Waals surface area contributed by atoms with Crippen LogP contribution in [0.25, 0.3) is 0 Å². The first-order valence-corrected chi connectivity index (χ1v) is 3.72. The highest BCUT2D eigenvalue weighted by Gasteiger charge is 1.89. The summed E-state index contributed by atoms with van der Waals surface area (Å²) in [6.07, 6.45) is 9.98. The third kappa shape index (κ3) is 1.86. The summed E-state index contributed by atoms with van der Waals surface area (Å²) in [6.45, 7) is 3.48. The quantitative estimate of drug-likeness (QED) is 0.333. The van der Waals surface area contributed by atoms with Crippen LogP contribution >= 0.6 is 0 Å². The topological polar surface area (TPSA) is 0 Å². The highest BCUT2D eigenvalue weighted by molar-refractivity contribution is 6.79. The van der Waals surface area contributed by atoms with Gasteiger partial charge in [-0.15, -0.1) is 30.5 Å². The lowest BCUT2D eigenvalue weighted by molar-refractivity contribution is 2.44. The molecule has 0 nitrogen and oxygen atoms in total. The molecule has 0 heterocycles. The van der Waals surface area contributed by atoms with E-state index in [0.29, 0.717) is 0 Å². The Kier molecular flexibility index (Phi) is 2.84. The van der Waals surface area contributed by atoms with Crippen molar-refractivity contribution in [3.05, 3.63) is 12.3 Å². The van der Waals surface area contributed by atoms with E-state index < -0.39 is 8.80 Å². The first-order valence-electron chi connectivity index (χ1n) is 1.90. The molecule has 0 unspecified atom stereocenters. The molecule has 34 valence electrons. The minimum Gasteiger partial charge on any atom is -0.126 e. The normalized spacial score (nSPS) is 6.71. The lowest BCUT2D eigenvalue weighted by atomic mass is 11.3. The molecular weight excluding hydrogens is 100 g/mol. The molecule has 0 atom stereocenters. The van der Waals surface area contributed by atoms with Crippen LogP contribution < -0.4 is 0 Å². The fourth-order valence-electron chi connectivity index (χ4n) is 0.184. The maximum atomic E-state index is 4.99. The largest absolute Gasteiger partial charge is 0.223 e. The predicted octanol–water partition coefficient (Wildman–Crippen LogP) is 0.283. The number of hydrogen-bond donors (Lipinski definition) is 0. The van der Waals surface area contributed by atoms with Gasteiger partial charge in [0, 0.05) is 0 Å². The molecule has 0 saturated carbocycles. The summed E-state index contributed by atoms with van der Waals surface area (Å²) in [5.74, 6) is 0. The van der Waals surface area contributed by atoms with E-state index in [-0.39, 0.29) is 0 Å². The van der Waals surface area contributed by atoms with Crippen LogP contribution in [0.4, 0.5) is 0 Å². The molecule has 0 aliphatic heterocycles. The molecule has 0 N–H and O–H groups in total. The van der Waals surface area contributed by atoms with E-state index in [4.69, 9.17) is 12.8 Å². The van der Waals surface area contributed by atoms with Crippen LogP contribution in [-0.4, -0.2) is 8.80 Å². The van der Waals surface area contributed by atoms with Crippen molar-refractivity contribution in [3.8, 4) is 23.9 Å². The van der Waals surface area contributed by atoms with Crippen molar-refractivity contribution in [2.45, 2.75) is 0 Å². The maximum Gasteiger partial charge on any atom is 0.223 e. The first kappa shape index (κ1) is 6.08. The van der Waals surface area contributed by atoms with Gasteiger partial charge in [-0.2, -0.15) is 0 Å². The van der Waals surface area contributed by atoms with Crippen LogP contribution in [0.15, 0.2) is 12.3 Å². The summed E-state index contributed by atoms with van der Waals surface area (Å²) in [6, 6.07) is 0. The SMILES string of the molecule is C#C[SiH](C#C)C=C. The molecule has 0 spiro atoms. The maximum absolute atomic E-state index is 4.99. The first-order chi connectivity index (χ1) is 3.35. The Morgan fingerprint density at radius 1 is 1.43 bits per heavy atom. The predicted molar refractivity (Wildman–Crippen MR) is 35.0 cm³/mol. The smallest absolute Gasteiger partial charge is 0.126 e. The van der Waals surface area contributed by atoms with E-state index in [1.54, 1.807) is 5.70 Å². The average Bonchev–Trinajstić information content (AvgIpc) is 1.72. The van der Waals surface area contributed by atoms with Gasteiger partial charge in [-0.1, -0.05) is 5.70 Å². The van der Waals surface area contributed by atoms with Crippen LogP contribution in [0.5, 0.6) is 0 Å². The third-order valence-corrected chi connectivity index (χ3v) is 1.78. The summed E-state index contributed by atoms with van der Waals surface area (Å²) in [5, 5.41) is 0. The van der Waals surface area contributed by atoms with Gasteiger partial charge < -0.3 is 0 Å². The zero-order valence-electron chi connectivity index (χ0n) is 4.02. The second-order valence-corrected chi connectivity index (χ2v) is 3.14. The van der Waals surface area contributed by atoms with E-state index in [1.165, 1.54) is 0 Å². The highest BCUT2D eigenvalue weighted by atomic mass is 28.3. The zero-order valence-corrected chi connectivity index (χ0v) is 5.17. The molecule has 0 aromatic heterocycles. The van der Waals surface area contributed by atoms with E-state index in [0.717, 1.165) is 0 Å². The van der Waals surface area contributed by atoms with Crippen molar-refractivity contribution in [2.24, 2.45) is 0 Å². The molecule has 1 heteroatoms. The summed E-state index contributed by atoms with van der Waals surface area (Å²) in [5.41, 5.74) is 6.67. The third-order valence-electron chi connectivity index (χ3n) is 0.595. The minimum absolute atomic E-state index is 1.35. The summed E-state index contributed by atoms with van der Waals surface area (Å²) in [4.78, 5) is 0. The highest BCUT2D eigenvalue weighted by Crippen LogP contribution is 1.73. The summed E-state index contributed by atoms with van der Waals surface area (Å²) < 4.78 is 0. The Morgan fingerprint density at radius 3 is 1.86 bits per heavy atom. The molecule has 0 aromatic carbocycles. The van der Waals surface area contributed by atoms with Gasteiger partial charge in [0.05, 0.1) is 0 Å². The summed E-state index contributed by atoms with van der Waals surface area (Å²) in [7, 11) is -1.35. The molecule has 0 aliphatic carbocycles. The van der Waals surface area contributed by atoms with Gasteiger partial charge in [0.25, 0.3) is 0 Å². The lowest BCUT2D eigenvalue weighted by Crippen LogP contribution is -1.99. The Labute approximate surface area is 45.9 Å². The van der Waals surface area contributed by atoms with Gasteiger partial charge in [0.2, 0.25) is 8.80 Å². The number of rotatable bonds is 1. The Balaban J connectivity index is 3.73. The molecule has 0 aromatic rings. The van der Waals surface area contributed by atoms with Crippen LogP contribution in [0.1, 0.15) is 0 Å². The number of hydrogen-bond acceptors (Lipinski definition) is 0. The molecule has 0 bridgehead atoms. The van der Waals surface area contributed by atoms with Crippen molar-refractivity contribution < 1.29 is 0 Å². The van der Waals surface area contributed by atoms with Crippen LogP contribution in [-0.2, 0) is 0 Å². The average molecular weight is 106 g/mol. The van der Waals surface area contributed by atoms with Gasteiger partial charge in [-0.3, -0.25) is 0 Å². The lowest BCUT2D eigenvalue weighted by Gasteiger charge is -1.81. The van der Waals surface area contributed by atoms with Gasteiger partial charge >= 0.3 is 0 Å². The fourth-order valence-corrected chi connectivity index (χ4v) is 0.553. The molecule has 7 heavy (non-hydrogen) atoms. The summed E-state index contributed by atoms with van der Waals surface area (Å²) >= 11 is 0. The second-order valence-electron chi connectivity index (χ2n) is 1.05. The molecule has 0 amide bonds. The molecule has 0 fully saturated rings. The van der Waals surface area contributed by atoms with Gasteiger partial charge in [0.15, 0.2) is 0 Å². The van der Waals surface area contributed by atoms with E-state index >= 15 is 0 Å². The molecule has 0 saturated heterocycles. The molecule has 0 aliphatic rings. The minimum atomic E-state index is -1.35. The van der Waals surface area contributed by atoms with Gasteiger partial charge in [-0.05, 0) is 0 Å². The van der Waals surface area contributed by atoms with Crippen molar-refractivity contribution in [3.63, 3.8) is 0 Å². The molecule has 0 radical (unpaired) electrons. The second kappa shape index (κ2) is 3.27. The molecule has 0 rings (SSSR count).